The minimum atomic E-state index is -1.33. The fraction of sp³-hybridized carbons (Fsp3) is 0.419. The first kappa shape index (κ1) is 30.7. The number of piperidine rings is 1. The first-order chi connectivity index (χ1) is 21.6. The van der Waals surface area contributed by atoms with Gasteiger partial charge in [-0.3, -0.25) is 19.1 Å². The summed E-state index contributed by atoms with van der Waals surface area (Å²) in [6, 6.07) is 5.95. The second-order valence-electron chi connectivity index (χ2n) is 11.7. The summed E-state index contributed by atoms with van der Waals surface area (Å²) in [5.74, 6) is -0.372. The van der Waals surface area contributed by atoms with Crippen LogP contribution in [0.4, 0.5) is 4.39 Å². The zero-order valence-corrected chi connectivity index (χ0v) is 25.7. The number of H-pyrrole nitrogens is 1. The Morgan fingerprint density at radius 1 is 1.16 bits per heavy atom. The highest BCUT2D eigenvalue weighted by molar-refractivity contribution is 6.31. The van der Waals surface area contributed by atoms with Crippen LogP contribution in [0.15, 0.2) is 42.9 Å². The SMILES string of the molecule is Cc1ncc(-c2ccc3c(c2)c(C(C)O)nn3CC(=O)N2C[C@H](F)C[C@H]2C(=O)NC2CCN(C(=O)c3cc(Cl)c[nH]3)CC2)cn1. The molecule has 6 rings (SSSR count). The molecule has 1 unspecified atom stereocenters. The van der Waals surface area contributed by atoms with E-state index in [2.05, 4.69) is 25.4 Å². The van der Waals surface area contributed by atoms with E-state index >= 15 is 0 Å². The molecule has 14 heteroatoms. The average molecular weight is 637 g/mol. The van der Waals surface area contributed by atoms with Gasteiger partial charge in [0, 0.05) is 55.1 Å². The summed E-state index contributed by atoms with van der Waals surface area (Å²) in [4.78, 5) is 53.9. The number of hydrogen-bond acceptors (Lipinski definition) is 7. The Morgan fingerprint density at radius 3 is 2.56 bits per heavy atom. The molecule has 3 N–H and O–H groups in total. The molecule has 0 spiro atoms. The predicted molar refractivity (Wildman–Crippen MR) is 164 cm³/mol. The van der Waals surface area contributed by atoms with Gasteiger partial charge in [-0.15, -0.1) is 0 Å². The first-order valence-electron chi connectivity index (χ1n) is 14.9. The topological polar surface area (TPSA) is 149 Å². The number of carbonyl (C=O) groups excluding carboxylic acids is 3. The Labute approximate surface area is 263 Å². The van der Waals surface area contributed by atoms with E-state index < -0.39 is 30.1 Å². The molecular weight excluding hydrogens is 603 g/mol. The number of halogens is 2. The molecule has 2 aliphatic rings. The number of alkyl halides is 1. The van der Waals surface area contributed by atoms with E-state index in [1.165, 1.54) is 9.58 Å². The van der Waals surface area contributed by atoms with Crippen LogP contribution in [0.1, 0.15) is 54.3 Å². The molecular formula is C31H34ClFN8O4. The number of amides is 3. The zero-order valence-electron chi connectivity index (χ0n) is 24.9. The summed E-state index contributed by atoms with van der Waals surface area (Å²) in [7, 11) is 0. The number of benzene rings is 1. The number of nitrogens with zero attached hydrogens (tertiary/aromatic N) is 6. The van der Waals surface area contributed by atoms with Crippen LogP contribution in [0.2, 0.25) is 5.02 Å². The summed E-state index contributed by atoms with van der Waals surface area (Å²) in [5, 5.41) is 19.1. The molecule has 236 valence electrons. The predicted octanol–water partition coefficient (Wildman–Crippen LogP) is 3.20. The van der Waals surface area contributed by atoms with Crippen molar-refractivity contribution < 1.29 is 23.9 Å². The number of carbonyl (C=O) groups is 3. The van der Waals surface area contributed by atoms with Crippen LogP contribution in [0.25, 0.3) is 22.0 Å². The summed E-state index contributed by atoms with van der Waals surface area (Å²) in [6.07, 6.45) is 3.71. The number of fused-ring (bicyclic) bond motifs is 1. The van der Waals surface area contributed by atoms with E-state index in [1.54, 1.807) is 43.4 Å². The highest BCUT2D eigenvalue weighted by Crippen LogP contribution is 2.30. The Kier molecular flexibility index (Phi) is 8.56. The standard InChI is InChI=1S/C31H34ClFN8O4/c1-17(42)29-24-9-19(20-12-34-18(2)35-13-20)3-4-26(24)41(38-29)16-28(43)40-15-22(33)11-27(40)30(44)37-23-5-7-39(8-6-23)31(45)25-10-21(32)14-36-25/h3-4,9-10,12-14,17,22-23,27,36,42H,5-8,11,15-16H2,1-2H3,(H,37,44)/t17?,22-,27+/m1/s1. The molecule has 3 aromatic heterocycles. The molecule has 12 nitrogen and oxygen atoms in total. The van der Waals surface area contributed by atoms with Gasteiger partial charge in [-0.1, -0.05) is 17.7 Å². The van der Waals surface area contributed by atoms with Crippen LogP contribution < -0.4 is 5.32 Å². The van der Waals surface area contributed by atoms with Crippen molar-refractivity contribution in [3.63, 3.8) is 0 Å². The van der Waals surface area contributed by atoms with E-state index in [1.807, 2.05) is 18.2 Å². The fourth-order valence-corrected chi connectivity index (χ4v) is 6.23. The van der Waals surface area contributed by atoms with Crippen LogP contribution in [0.3, 0.4) is 0 Å². The van der Waals surface area contributed by atoms with Crippen molar-refractivity contribution in [3.8, 4) is 11.1 Å². The second kappa shape index (κ2) is 12.6. The van der Waals surface area contributed by atoms with Crippen LogP contribution in [-0.4, -0.2) is 95.2 Å². The third-order valence-electron chi connectivity index (χ3n) is 8.45. The molecule has 0 radical (unpaired) electrons. The van der Waals surface area contributed by atoms with Gasteiger partial charge in [0.15, 0.2) is 0 Å². The fourth-order valence-electron chi connectivity index (χ4n) is 6.07. The number of rotatable bonds is 7. The first-order valence-corrected chi connectivity index (χ1v) is 15.3. The number of likely N-dealkylation sites (tertiary alicyclic amines) is 2. The minimum absolute atomic E-state index is 0.0940. The zero-order chi connectivity index (χ0) is 31.8. The molecule has 0 bridgehead atoms. The lowest BCUT2D eigenvalue weighted by Gasteiger charge is -2.33. The lowest BCUT2D eigenvalue weighted by molar-refractivity contribution is -0.139. The highest BCUT2D eigenvalue weighted by atomic mass is 35.5. The maximum atomic E-state index is 14.7. The molecule has 3 amide bonds. The van der Waals surface area contributed by atoms with Gasteiger partial charge in [-0.25, -0.2) is 14.4 Å². The molecule has 2 saturated heterocycles. The van der Waals surface area contributed by atoms with E-state index in [0.717, 1.165) is 11.1 Å². The van der Waals surface area contributed by atoms with Gasteiger partial charge >= 0.3 is 0 Å². The maximum Gasteiger partial charge on any atom is 0.270 e. The van der Waals surface area contributed by atoms with Crippen LogP contribution in [0, 0.1) is 6.92 Å². The van der Waals surface area contributed by atoms with Crippen LogP contribution in [0.5, 0.6) is 0 Å². The van der Waals surface area contributed by atoms with Crippen molar-refractivity contribution in [2.45, 2.75) is 64.0 Å². The number of aromatic nitrogens is 5. The molecule has 2 fully saturated rings. The van der Waals surface area contributed by atoms with E-state index in [4.69, 9.17) is 11.6 Å². The number of nitrogens with one attached hydrogen (secondary N) is 2. The van der Waals surface area contributed by atoms with E-state index in [0.29, 0.717) is 59.1 Å². The van der Waals surface area contributed by atoms with Gasteiger partial charge in [0.25, 0.3) is 5.91 Å². The molecule has 2 aliphatic heterocycles. The molecule has 3 atom stereocenters. The molecule has 0 saturated carbocycles. The minimum Gasteiger partial charge on any atom is -0.387 e. The third-order valence-corrected chi connectivity index (χ3v) is 8.67. The molecule has 4 aromatic rings. The van der Waals surface area contributed by atoms with E-state index in [-0.39, 0.29) is 31.5 Å². The summed E-state index contributed by atoms with van der Waals surface area (Å²) in [6.45, 7) is 3.86. The van der Waals surface area contributed by atoms with E-state index in [9.17, 15) is 23.9 Å². The van der Waals surface area contributed by atoms with Crippen LogP contribution >= 0.6 is 11.6 Å². The largest absolute Gasteiger partial charge is 0.387 e. The molecule has 5 heterocycles. The van der Waals surface area contributed by atoms with Gasteiger partial charge in [-0.05, 0) is 50.5 Å². The molecule has 1 aromatic carbocycles. The van der Waals surface area contributed by atoms with Gasteiger partial charge in [-0.2, -0.15) is 5.10 Å². The summed E-state index contributed by atoms with van der Waals surface area (Å²) in [5.41, 5.74) is 3.05. The monoisotopic (exact) mass is 636 g/mol. The normalized spacial score (nSPS) is 19.7. The number of aromatic amines is 1. The van der Waals surface area contributed by atoms with Gasteiger partial charge in [0.1, 0.15) is 30.3 Å². The van der Waals surface area contributed by atoms with Gasteiger partial charge in [0.2, 0.25) is 11.8 Å². The summed E-state index contributed by atoms with van der Waals surface area (Å²) >= 11 is 5.92. The Morgan fingerprint density at radius 2 is 1.89 bits per heavy atom. The summed E-state index contributed by atoms with van der Waals surface area (Å²) < 4.78 is 16.1. The maximum absolute atomic E-state index is 14.7. The van der Waals surface area contributed by atoms with Crippen molar-refractivity contribution in [2.24, 2.45) is 0 Å². The van der Waals surface area contributed by atoms with Crippen LogP contribution in [-0.2, 0) is 16.1 Å². The third kappa shape index (κ3) is 6.40. The van der Waals surface area contributed by atoms with Crippen molar-refractivity contribution >= 4 is 40.2 Å². The highest BCUT2D eigenvalue weighted by Gasteiger charge is 2.41. The Hall–Kier alpha value is -4.36. The lowest BCUT2D eigenvalue weighted by atomic mass is 10.0. The average Bonchev–Trinajstić information content (AvgIpc) is 3.74. The number of aryl methyl sites for hydroxylation is 1. The number of aliphatic hydroxyl groups is 1. The quantitative estimate of drug-likeness (QED) is 0.282. The molecule has 45 heavy (non-hydrogen) atoms. The molecule has 0 aliphatic carbocycles. The Balaban J connectivity index is 1.13. The van der Waals surface area contributed by atoms with Crippen molar-refractivity contribution in [1.29, 1.82) is 0 Å². The number of aliphatic hydroxyl groups excluding tert-OH is 1. The Bertz CT molecular complexity index is 1730. The number of hydrogen-bond donors (Lipinski definition) is 3. The van der Waals surface area contributed by atoms with Crippen molar-refractivity contribution in [1.82, 2.24) is 39.8 Å². The van der Waals surface area contributed by atoms with Crippen molar-refractivity contribution in [3.05, 3.63) is 65.1 Å². The van der Waals surface area contributed by atoms with Crippen molar-refractivity contribution in [2.75, 3.05) is 19.6 Å². The van der Waals surface area contributed by atoms with Gasteiger partial charge < -0.3 is 25.2 Å². The smallest absolute Gasteiger partial charge is 0.270 e. The lowest BCUT2D eigenvalue weighted by Crippen LogP contribution is -2.52. The second-order valence-corrected chi connectivity index (χ2v) is 12.1. The van der Waals surface area contributed by atoms with Gasteiger partial charge in [0.05, 0.1) is 28.9 Å².